The van der Waals surface area contributed by atoms with Crippen LogP contribution in [0.2, 0.25) is 0 Å². The topological polar surface area (TPSA) is 107 Å². The van der Waals surface area contributed by atoms with Crippen LogP contribution in [0, 0.1) is 17.8 Å². The molecule has 0 saturated carbocycles. The number of likely N-dealkylation sites (tertiary alicyclic amines) is 1. The van der Waals surface area contributed by atoms with Gasteiger partial charge in [-0.05, 0) is 55.9 Å². The normalized spacial score (nSPS) is 30.9. The van der Waals surface area contributed by atoms with Crippen molar-refractivity contribution in [2.45, 2.75) is 48.6 Å². The number of aliphatic hydroxyl groups excluding tert-OH is 1. The van der Waals surface area contributed by atoms with Crippen LogP contribution in [0.25, 0.3) is 0 Å². The minimum Gasteiger partial charge on any atom is -0.497 e. The van der Waals surface area contributed by atoms with Crippen LogP contribution in [-0.4, -0.2) is 75.7 Å². The van der Waals surface area contributed by atoms with Crippen LogP contribution in [0.4, 0.5) is 5.69 Å². The molecule has 1 aromatic carbocycles. The van der Waals surface area contributed by atoms with E-state index in [-0.39, 0.29) is 36.1 Å². The molecule has 1 spiro atoms. The van der Waals surface area contributed by atoms with E-state index in [9.17, 15) is 19.5 Å². The van der Waals surface area contributed by atoms with Crippen LogP contribution in [0.15, 0.2) is 36.9 Å². The minimum atomic E-state index is -0.957. The summed E-state index contributed by atoms with van der Waals surface area (Å²) in [6.07, 6.45) is 4.32. The number of benzene rings is 1. The number of carboxylic acid groups (broad SMARTS) is 1. The van der Waals surface area contributed by atoms with Crippen LogP contribution in [0.1, 0.15) is 32.6 Å². The molecule has 2 N–H and O–H groups in total. The molecule has 0 aliphatic carbocycles. The summed E-state index contributed by atoms with van der Waals surface area (Å²) in [7, 11) is 1.58. The number of carbonyl (C=O) groups is 3. The summed E-state index contributed by atoms with van der Waals surface area (Å²) < 4.78 is 4.48. The molecule has 0 aromatic heterocycles. The Bertz CT molecular complexity index is 985. The summed E-state index contributed by atoms with van der Waals surface area (Å²) in [5.74, 6) is -2.19. The van der Waals surface area contributed by atoms with Crippen molar-refractivity contribution < 1.29 is 29.3 Å². The molecule has 1 aromatic rings. The fourth-order valence-corrected chi connectivity index (χ4v) is 8.66. The van der Waals surface area contributed by atoms with Gasteiger partial charge in [0.2, 0.25) is 5.91 Å². The van der Waals surface area contributed by atoms with Gasteiger partial charge < -0.3 is 24.7 Å². The average molecular weight is 503 g/mol. The number of fused-ring (bicyclic) bond motifs is 1. The Labute approximate surface area is 210 Å². The Kier molecular flexibility index (Phi) is 7.47. The van der Waals surface area contributed by atoms with Crippen LogP contribution in [-0.2, 0) is 14.4 Å². The van der Waals surface area contributed by atoms with E-state index in [1.165, 1.54) is 0 Å². The Morgan fingerprint density at radius 2 is 2.00 bits per heavy atom. The highest BCUT2D eigenvalue weighted by Gasteiger charge is 2.76. The van der Waals surface area contributed by atoms with Crippen LogP contribution in [0.5, 0.6) is 5.75 Å². The van der Waals surface area contributed by atoms with Crippen molar-refractivity contribution in [2.75, 3.05) is 31.7 Å². The van der Waals surface area contributed by atoms with Crippen molar-refractivity contribution in [3.05, 3.63) is 36.9 Å². The largest absolute Gasteiger partial charge is 0.497 e. The number of carboxylic acids is 1. The van der Waals surface area contributed by atoms with Crippen molar-refractivity contribution in [3.8, 4) is 5.75 Å². The highest BCUT2D eigenvalue weighted by molar-refractivity contribution is 8.02. The molecule has 190 valence electrons. The number of amides is 2. The van der Waals surface area contributed by atoms with Gasteiger partial charge in [-0.1, -0.05) is 13.0 Å². The van der Waals surface area contributed by atoms with Gasteiger partial charge in [0.25, 0.3) is 5.91 Å². The fourth-order valence-electron chi connectivity index (χ4n) is 6.25. The number of rotatable bonds is 11. The smallest absolute Gasteiger partial charge is 0.308 e. The molecule has 3 unspecified atom stereocenters. The Morgan fingerprint density at radius 3 is 2.60 bits per heavy atom. The zero-order chi connectivity index (χ0) is 25.3. The van der Waals surface area contributed by atoms with E-state index >= 15 is 0 Å². The summed E-state index contributed by atoms with van der Waals surface area (Å²) in [5, 5.41) is 19.0. The number of carbonyl (C=O) groups excluding carboxylic acids is 2. The number of aliphatic carboxylic acids is 1. The van der Waals surface area contributed by atoms with E-state index in [0.717, 1.165) is 6.42 Å². The molecule has 2 bridgehead atoms. The highest BCUT2D eigenvalue weighted by Crippen LogP contribution is 2.68. The van der Waals surface area contributed by atoms with E-state index in [4.69, 9.17) is 9.84 Å². The maximum Gasteiger partial charge on any atom is 0.308 e. The van der Waals surface area contributed by atoms with Gasteiger partial charge in [0.15, 0.2) is 0 Å². The molecule has 3 aliphatic rings. The molecule has 3 aliphatic heterocycles. The first-order valence-corrected chi connectivity index (χ1v) is 13.1. The number of unbranched alkanes of at least 4 members (excludes halogenated alkanes) is 2. The quantitative estimate of drug-likeness (QED) is 0.354. The van der Waals surface area contributed by atoms with Crippen LogP contribution >= 0.6 is 11.8 Å². The number of anilines is 1. The van der Waals surface area contributed by atoms with Crippen molar-refractivity contribution in [1.29, 1.82) is 0 Å². The molecule has 9 heteroatoms. The molecule has 35 heavy (non-hydrogen) atoms. The second kappa shape index (κ2) is 10.2. The predicted octanol–water partition coefficient (Wildman–Crippen LogP) is 2.80. The Balaban J connectivity index is 1.75. The lowest BCUT2D eigenvalue weighted by molar-refractivity contribution is -0.149. The van der Waals surface area contributed by atoms with Gasteiger partial charge in [-0.2, -0.15) is 0 Å². The second-order valence-electron chi connectivity index (χ2n) is 9.64. The number of ether oxygens (including phenoxy) is 1. The van der Waals surface area contributed by atoms with Crippen molar-refractivity contribution in [2.24, 2.45) is 17.8 Å². The number of hydrogen-bond acceptors (Lipinski definition) is 6. The third kappa shape index (κ3) is 4.12. The first-order valence-electron chi connectivity index (χ1n) is 12.2. The summed E-state index contributed by atoms with van der Waals surface area (Å²) in [6, 6.07) is 6.42. The number of thioether (sulfide) groups is 1. The van der Waals surface area contributed by atoms with E-state index < -0.39 is 28.6 Å². The Hall–Kier alpha value is -2.52. The maximum atomic E-state index is 14.3. The minimum absolute atomic E-state index is 0.0277. The van der Waals surface area contributed by atoms with E-state index in [1.807, 2.05) is 6.92 Å². The number of methoxy groups -OCH3 is 1. The van der Waals surface area contributed by atoms with Gasteiger partial charge >= 0.3 is 5.97 Å². The maximum absolute atomic E-state index is 14.3. The monoisotopic (exact) mass is 502 g/mol. The third-order valence-electron chi connectivity index (χ3n) is 7.78. The first-order chi connectivity index (χ1) is 16.8. The van der Waals surface area contributed by atoms with Gasteiger partial charge in [0.05, 0.1) is 23.7 Å². The Morgan fingerprint density at radius 1 is 1.29 bits per heavy atom. The number of hydrogen-bond donors (Lipinski definition) is 2. The third-order valence-corrected chi connectivity index (χ3v) is 9.86. The van der Waals surface area contributed by atoms with E-state index in [0.29, 0.717) is 37.2 Å². The standard InChI is InChI=1S/C26H34N2O6S/c1-4-12-27(17-8-10-18(34-3)11-9-17)24(31)22-26-16(2)15-19(35-26)20(25(32)33)21(26)23(30)28(22)13-6-5-7-14-29/h4,8-11,16,19-22,29H,1,5-7,12-15H2,2-3H3,(H,32,33)/t16?,19-,20+,21-,22?,26?/m0/s1. The fraction of sp³-hybridized carbons (Fsp3) is 0.577. The van der Waals surface area contributed by atoms with Crippen LogP contribution in [0.3, 0.4) is 0 Å². The molecule has 8 nitrogen and oxygen atoms in total. The van der Waals surface area contributed by atoms with Gasteiger partial charge in [-0.15, -0.1) is 18.3 Å². The predicted molar refractivity (Wildman–Crippen MR) is 134 cm³/mol. The van der Waals surface area contributed by atoms with Crippen LogP contribution < -0.4 is 9.64 Å². The zero-order valence-corrected chi connectivity index (χ0v) is 21.1. The van der Waals surface area contributed by atoms with Gasteiger partial charge in [0, 0.05) is 30.6 Å². The molecule has 3 heterocycles. The molecule has 4 rings (SSSR count). The van der Waals surface area contributed by atoms with Crippen molar-refractivity contribution in [3.63, 3.8) is 0 Å². The van der Waals surface area contributed by atoms with Crippen molar-refractivity contribution >= 4 is 35.2 Å². The lowest BCUT2D eigenvalue weighted by Crippen LogP contribution is -2.57. The SMILES string of the molecule is C=CCN(C(=O)C1N(CCCCCO)C(=O)[C@@H]2[C@H](C(=O)O)[C@@H]3CC(C)C12S3)c1ccc(OC)cc1. The highest BCUT2D eigenvalue weighted by atomic mass is 32.2. The molecule has 2 amide bonds. The van der Waals surface area contributed by atoms with Gasteiger partial charge in [-0.25, -0.2) is 0 Å². The molecule has 3 fully saturated rings. The molecular formula is C26H34N2O6S. The average Bonchev–Trinajstić information content (AvgIpc) is 3.44. The first kappa shape index (κ1) is 25.6. The molecular weight excluding hydrogens is 468 g/mol. The molecule has 6 atom stereocenters. The van der Waals surface area contributed by atoms with Gasteiger partial charge in [-0.3, -0.25) is 14.4 Å². The van der Waals surface area contributed by atoms with E-state index in [1.54, 1.807) is 59.0 Å². The lowest BCUT2D eigenvalue weighted by Gasteiger charge is -2.40. The van der Waals surface area contributed by atoms with Crippen molar-refractivity contribution in [1.82, 2.24) is 4.90 Å². The van der Waals surface area contributed by atoms with E-state index in [2.05, 4.69) is 6.58 Å². The summed E-state index contributed by atoms with van der Waals surface area (Å²) in [5.41, 5.74) is 0.670. The molecule has 3 saturated heterocycles. The summed E-state index contributed by atoms with van der Waals surface area (Å²) in [6.45, 7) is 6.58. The molecule has 0 radical (unpaired) electrons. The van der Waals surface area contributed by atoms with Gasteiger partial charge in [0.1, 0.15) is 11.8 Å². The zero-order valence-electron chi connectivity index (χ0n) is 20.3. The summed E-state index contributed by atoms with van der Waals surface area (Å²) in [4.78, 5) is 43.7. The summed E-state index contributed by atoms with van der Waals surface area (Å²) >= 11 is 1.54. The second-order valence-corrected chi connectivity index (χ2v) is 11.2. The lowest BCUT2D eigenvalue weighted by atomic mass is 9.66. The number of nitrogens with zero attached hydrogens (tertiary/aromatic N) is 2. The number of aliphatic hydroxyl groups is 1.